The fraction of sp³-hybridized carbons (Fsp3) is 0.935. The fourth-order valence-electron chi connectivity index (χ4n) is 10.5. The van der Waals surface area contributed by atoms with Gasteiger partial charge in [0, 0.05) is 64.4 Å². The second-order valence-corrected chi connectivity index (χ2v) is 18.6. The van der Waals surface area contributed by atoms with Gasteiger partial charge in [0.1, 0.15) is 6.29 Å². The van der Waals surface area contributed by atoms with E-state index in [0.717, 1.165) is 96.0 Å². The van der Waals surface area contributed by atoms with Crippen LogP contribution in [0, 0.1) is 40.9 Å². The summed E-state index contributed by atoms with van der Waals surface area (Å²) in [6.07, 6.45) is 22.3. The number of rotatable bonds is 8. The second kappa shape index (κ2) is 30.4. The van der Waals surface area contributed by atoms with Crippen LogP contribution in [-0.2, 0) is 24.0 Å². The number of aliphatic hydroxyl groups excluding tert-OH is 2. The van der Waals surface area contributed by atoms with Crippen LogP contribution in [0.25, 0.3) is 0 Å². The summed E-state index contributed by atoms with van der Waals surface area (Å²) in [5.74, 6) is 3.58. The Labute approximate surface area is 355 Å². The molecule has 2 aliphatic heterocycles. The third kappa shape index (κ3) is 18.5. The molecule has 6 aliphatic rings. The standard InChI is InChI=1S/C25H43N3O4.C10H20.C7H15N.C2H6O.CH3NO.CH4O/c1-26(2)22-14-19(13-20(15-22)25(30)28-11-5-8-21(28)17-29)23-9-4-7-18(24(23)31-3)16-27-10-6-12-32-27;1-8-5-6-9(2)10(3,4)7-8;1-8-7-5-3-2-4-6-7;1-2-3;2-1-3;1-2/h17-24H,4-16H2,1-3H3;8-9H,5-7H2,1-4H3;7-8H,2-6H2,1H3;3H,2H2,1H3;1H,(H2,2,3);2H,1H3. The van der Waals surface area contributed by atoms with E-state index in [1.54, 1.807) is 6.92 Å². The molecular formula is C46H91N5O7. The predicted molar refractivity (Wildman–Crippen MR) is 236 cm³/mol. The number of hydrogen-bond acceptors (Lipinski definition) is 10. The van der Waals surface area contributed by atoms with Crippen LogP contribution in [0.3, 0.4) is 0 Å². The van der Waals surface area contributed by atoms with Crippen molar-refractivity contribution in [1.29, 1.82) is 0 Å². The van der Waals surface area contributed by atoms with Gasteiger partial charge in [0.2, 0.25) is 12.3 Å². The van der Waals surface area contributed by atoms with Gasteiger partial charge in [-0.25, -0.2) is 0 Å². The van der Waals surface area contributed by atoms with Gasteiger partial charge in [-0.15, -0.1) is 0 Å². The van der Waals surface area contributed by atoms with Crippen LogP contribution in [-0.4, -0.2) is 136 Å². The topological polar surface area (TPSA) is 158 Å². The number of amides is 2. The monoisotopic (exact) mass is 826 g/mol. The molecular weight excluding hydrogens is 735 g/mol. The van der Waals surface area contributed by atoms with Crippen molar-refractivity contribution in [3.8, 4) is 0 Å². The summed E-state index contributed by atoms with van der Waals surface area (Å²) < 4.78 is 6.17. The van der Waals surface area contributed by atoms with Crippen LogP contribution in [0.15, 0.2) is 0 Å². The van der Waals surface area contributed by atoms with Gasteiger partial charge in [-0.2, -0.15) is 5.06 Å². The number of hydrogen-bond donors (Lipinski definition) is 4. The average Bonchev–Trinajstić information content (AvgIpc) is 3.94. The summed E-state index contributed by atoms with van der Waals surface area (Å²) in [5, 5.41) is 20.0. The van der Waals surface area contributed by atoms with E-state index in [4.69, 9.17) is 24.6 Å². The smallest absolute Gasteiger partial charge is 0.226 e. The highest BCUT2D eigenvalue weighted by molar-refractivity contribution is 5.82. The lowest BCUT2D eigenvalue weighted by Gasteiger charge is -2.47. The van der Waals surface area contributed by atoms with Gasteiger partial charge in [0.05, 0.1) is 18.8 Å². The summed E-state index contributed by atoms with van der Waals surface area (Å²) >= 11 is 0. The summed E-state index contributed by atoms with van der Waals surface area (Å²) in [5.41, 5.74) is 4.78. The highest BCUT2D eigenvalue weighted by atomic mass is 16.7. The van der Waals surface area contributed by atoms with Gasteiger partial charge >= 0.3 is 0 Å². The Bertz CT molecular complexity index is 1070. The summed E-state index contributed by atoms with van der Waals surface area (Å²) in [6.45, 7) is 15.1. The molecule has 2 heterocycles. The molecule has 4 saturated carbocycles. The van der Waals surface area contributed by atoms with Gasteiger partial charge < -0.3 is 40.6 Å². The molecule has 0 aromatic rings. The number of methoxy groups -OCH3 is 1. The number of nitrogens with two attached hydrogens (primary N) is 1. The van der Waals surface area contributed by atoms with Gasteiger partial charge in [-0.05, 0) is 134 Å². The molecule has 12 heteroatoms. The van der Waals surface area contributed by atoms with E-state index in [1.807, 2.05) is 12.0 Å². The third-order valence-corrected chi connectivity index (χ3v) is 14.0. The number of carbonyl (C=O) groups excluding carboxylic acids is 3. The number of aldehydes is 1. The van der Waals surface area contributed by atoms with E-state index in [2.05, 4.69) is 69.9 Å². The van der Waals surface area contributed by atoms with E-state index >= 15 is 0 Å². The molecule has 0 aromatic carbocycles. The molecule has 58 heavy (non-hydrogen) atoms. The lowest BCUT2D eigenvalue weighted by molar-refractivity contribution is -0.147. The molecule has 6 fully saturated rings. The minimum atomic E-state index is -0.216. The molecule has 4 aliphatic carbocycles. The molecule has 0 spiro atoms. The Morgan fingerprint density at radius 2 is 1.59 bits per heavy atom. The van der Waals surface area contributed by atoms with Crippen LogP contribution < -0.4 is 11.1 Å². The molecule has 6 rings (SSSR count). The van der Waals surface area contributed by atoms with Crippen molar-refractivity contribution in [1.82, 2.24) is 20.2 Å². The lowest BCUT2D eigenvalue weighted by Crippen LogP contribution is -2.50. The van der Waals surface area contributed by atoms with Crippen molar-refractivity contribution < 1.29 is 34.2 Å². The number of likely N-dealkylation sites (tertiary alicyclic amines) is 1. The zero-order valence-electron chi connectivity index (χ0n) is 38.8. The zero-order chi connectivity index (χ0) is 43.7. The number of nitrogens with zero attached hydrogens (tertiary/aromatic N) is 3. The van der Waals surface area contributed by atoms with Crippen LogP contribution >= 0.6 is 0 Å². The molecule has 5 N–H and O–H groups in total. The molecule has 0 radical (unpaired) electrons. The summed E-state index contributed by atoms with van der Waals surface area (Å²) in [6, 6.07) is 1.02. The van der Waals surface area contributed by atoms with Crippen LogP contribution in [0.1, 0.15) is 144 Å². The van der Waals surface area contributed by atoms with E-state index in [-0.39, 0.29) is 37.0 Å². The minimum Gasteiger partial charge on any atom is -0.400 e. The quantitative estimate of drug-likeness (QED) is 0.205. The molecule has 9 unspecified atom stereocenters. The highest BCUT2D eigenvalue weighted by Gasteiger charge is 2.45. The maximum atomic E-state index is 13.5. The number of carbonyl (C=O) groups is 3. The van der Waals surface area contributed by atoms with Crippen molar-refractivity contribution in [2.24, 2.45) is 46.7 Å². The molecule has 0 bridgehead atoms. The van der Waals surface area contributed by atoms with E-state index in [1.165, 1.54) is 70.6 Å². The van der Waals surface area contributed by atoms with Gasteiger partial charge in [0.25, 0.3) is 0 Å². The first-order valence-corrected chi connectivity index (χ1v) is 23.0. The molecule has 9 atom stereocenters. The Balaban J connectivity index is 0.000000523. The average molecular weight is 826 g/mol. The second-order valence-electron chi connectivity index (χ2n) is 18.6. The van der Waals surface area contributed by atoms with Gasteiger partial charge in [-0.3, -0.25) is 14.4 Å². The first-order valence-electron chi connectivity index (χ1n) is 23.0. The predicted octanol–water partition coefficient (Wildman–Crippen LogP) is 6.31. The normalized spacial score (nSPS) is 32.2. The Morgan fingerprint density at radius 1 is 0.931 bits per heavy atom. The molecule has 2 saturated heterocycles. The minimum absolute atomic E-state index is 0.0153. The number of nitrogens with one attached hydrogen (secondary N) is 1. The van der Waals surface area contributed by atoms with Crippen molar-refractivity contribution in [3.05, 3.63) is 0 Å². The molecule has 2 amide bonds. The largest absolute Gasteiger partial charge is 0.400 e. The molecule has 342 valence electrons. The van der Waals surface area contributed by atoms with Crippen molar-refractivity contribution >= 4 is 18.6 Å². The van der Waals surface area contributed by atoms with Crippen LogP contribution in [0.2, 0.25) is 0 Å². The maximum absolute atomic E-state index is 13.5. The highest BCUT2D eigenvalue weighted by Crippen LogP contribution is 2.45. The summed E-state index contributed by atoms with van der Waals surface area (Å²) in [4.78, 5) is 43.6. The Hall–Kier alpha value is -1.67. The lowest BCUT2D eigenvalue weighted by atomic mass is 9.65. The van der Waals surface area contributed by atoms with Crippen LogP contribution in [0.5, 0.6) is 0 Å². The van der Waals surface area contributed by atoms with E-state index in [0.29, 0.717) is 29.2 Å². The van der Waals surface area contributed by atoms with E-state index < -0.39 is 0 Å². The number of ether oxygens (including phenoxy) is 1. The van der Waals surface area contributed by atoms with Gasteiger partial charge in [-0.1, -0.05) is 59.8 Å². The number of aliphatic hydroxyl groups is 2. The first kappa shape index (κ1) is 54.3. The zero-order valence-corrected chi connectivity index (χ0v) is 38.8. The summed E-state index contributed by atoms with van der Waals surface area (Å²) in [7, 11) is 9.21. The van der Waals surface area contributed by atoms with Crippen LogP contribution in [0.4, 0.5) is 0 Å². The molecule has 0 aromatic heterocycles. The van der Waals surface area contributed by atoms with E-state index in [9.17, 15) is 9.59 Å². The van der Waals surface area contributed by atoms with Gasteiger partial charge in [0.15, 0.2) is 0 Å². The number of hydroxylamine groups is 2. The van der Waals surface area contributed by atoms with Crippen molar-refractivity contribution in [2.45, 2.75) is 168 Å². The first-order chi connectivity index (χ1) is 27.8. The maximum Gasteiger partial charge on any atom is 0.226 e. The SMILES string of the molecule is CC1CCC(C)C(C)(C)C1.CCO.CNC1CCCCC1.CO.COC1C(CN2CCCO2)CCCC1C1CC(C(=O)N2CCCC2C=O)CC(N(C)C)C1.NC=O. The van der Waals surface area contributed by atoms with Crippen molar-refractivity contribution in [2.75, 3.05) is 68.2 Å². The Kier molecular flexibility index (Phi) is 28.5. The molecule has 12 nitrogen and oxygen atoms in total. The third-order valence-electron chi connectivity index (χ3n) is 14.0. The fourth-order valence-corrected chi connectivity index (χ4v) is 10.5. The number of primary amides is 1. The van der Waals surface area contributed by atoms with Crippen molar-refractivity contribution in [3.63, 3.8) is 0 Å². The Morgan fingerprint density at radius 3 is 2.09 bits per heavy atom.